The van der Waals surface area contributed by atoms with Crippen LogP contribution in [0.5, 0.6) is 0 Å². The van der Waals surface area contributed by atoms with E-state index in [1.807, 2.05) is 41.8 Å². The summed E-state index contributed by atoms with van der Waals surface area (Å²) in [5.74, 6) is 0.428. The number of fused-ring (bicyclic) bond motifs is 1. The number of furan rings is 1. The third kappa shape index (κ3) is 3.72. The number of amides is 2. The van der Waals surface area contributed by atoms with Gasteiger partial charge in [-0.1, -0.05) is 24.3 Å². The number of rotatable bonds is 5. The largest absolute Gasteiger partial charge is 0.458 e. The summed E-state index contributed by atoms with van der Waals surface area (Å²) in [6.07, 6.45) is 0. The lowest BCUT2D eigenvalue weighted by Gasteiger charge is -2.21. The molecule has 2 heterocycles. The Bertz CT molecular complexity index is 760. The van der Waals surface area contributed by atoms with Gasteiger partial charge in [-0.2, -0.15) is 0 Å². The Kier molecular flexibility index (Phi) is 4.36. The number of para-hydroxylation sites is 1. The molecule has 3 N–H and O–H groups in total. The van der Waals surface area contributed by atoms with E-state index < -0.39 is 5.60 Å². The molecule has 0 radical (unpaired) electrons. The van der Waals surface area contributed by atoms with Crippen LogP contribution < -0.4 is 10.6 Å². The van der Waals surface area contributed by atoms with Crippen LogP contribution in [0, 0.1) is 0 Å². The van der Waals surface area contributed by atoms with Gasteiger partial charge in [-0.05, 0) is 30.5 Å². The maximum absolute atomic E-state index is 11.8. The van der Waals surface area contributed by atoms with Gasteiger partial charge in [0.1, 0.15) is 16.9 Å². The minimum Gasteiger partial charge on any atom is -0.458 e. The lowest BCUT2D eigenvalue weighted by molar-refractivity contribution is 0.0383. The van der Waals surface area contributed by atoms with Crippen molar-refractivity contribution in [3.8, 4) is 0 Å². The molecule has 1 aromatic carbocycles. The molecule has 0 saturated carbocycles. The number of carbonyl (C=O) groups is 1. The van der Waals surface area contributed by atoms with E-state index >= 15 is 0 Å². The SMILES string of the molecule is CC(O)(CNC(=O)NCc1cccs1)c1cc2ccccc2o1. The zero-order valence-corrected chi connectivity index (χ0v) is 13.5. The van der Waals surface area contributed by atoms with Crippen molar-refractivity contribution in [1.82, 2.24) is 10.6 Å². The number of hydrogen-bond donors (Lipinski definition) is 3. The topological polar surface area (TPSA) is 74.5 Å². The average Bonchev–Trinajstić information content (AvgIpc) is 3.20. The monoisotopic (exact) mass is 330 g/mol. The van der Waals surface area contributed by atoms with E-state index in [4.69, 9.17) is 4.42 Å². The van der Waals surface area contributed by atoms with Crippen LogP contribution in [0.15, 0.2) is 52.3 Å². The molecule has 0 saturated heterocycles. The number of carbonyl (C=O) groups excluding carboxylic acids is 1. The third-order valence-corrected chi connectivity index (χ3v) is 4.43. The summed E-state index contributed by atoms with van der Waals surface area (Å²) in [7, 11) is 0. The fourth-order valence-electron chi connectivity index (χ4n) is 2.23. The summed E-state index contributed by atoms with van der Waals surface area (Å²) < 4.78 is 5.66. The third-order valence-electron chi connectivity index (χ3n) is 3.55. The van der Waals surface area contributed by atoms with Gasteiger partial charge >= 0.3 is 6.03 Å². The molecule has 23 heavy (non-hydrogen) atoms. The molecule has 3 rings (SSSR count). The van der Waals surface area contributed by atoms with E-state index in [1.54, 1.807) is 24.3 Å². The van der Waals surface area contributed by atoms with Gasteiger partial charge in [0, 0.05) is 10.3 Å². The predicted molar refractivity (Wildman–Crippen MR) is 90.3 cm³/mol. The highest BCUT2D eigenvalue weighted by Crippen LogP contribution is 2.27. The van der Waals surface area contributed by atoms with Crippen LogP contribution in [-0.2, 0) is 12.1 Å². The number of thiophene rings is 1. The molecule has 3 aromatic rings. The standard InChI is InChI=1S/C17H18N2O3S/c1-17(21,15-9-12-5-2-3-7-14(12)22-15)11-19-16(20)18-10-13-6-4-8-23-13/h2-9,21H,10-11H2,1H3,(H2,18,19,20). The van der Waals surface area contributed by atoms with Crippen molar-refractivity contribution in [2.24, 2.45) is 0 Å². The molecular formula is C17H18N2O3S. The van der Waals surface area contributed by atoms with Crippen LogP contribution in [0.4, 0.5) is 4.79 Å². The predicted octanol–water partition coefficient (Wildman–Crippen LogP) is 3.20. The van der Waals surface area contributed by atoms with Crippen molar-refractivity contribution in [1.29, 1.82) is 0 Å². The Morgan fingerprint density at radius 1 is 1.26 bits per heavy atom. The van der Waals surface area contributed by atoms with Crippen LogP contribution in [0.1, 0.15) is 17.6 Å². The lowest BCUT2D eigenvalue weighted by atomic mass is 10.0. The van der Waals surface area contributed by atoms with Crippen molar-refractivity contribution in [2.45, 2.75) is 19.1 Å². The zero-order valence-electron chi connectivity index (χ0n) is 12.7. The van der Waals surface area contributed by atoms with E-state index in [0.29, 0.717) is 17.9 Å². The normalized spacial score (nSPS) is 13.7. The van der Waals surface area contributed by atoms with E-state index in [1.165, 1.54) is 0 Å². The van der Waals surface area contributed by atoms with Gasteiger partial charge < -0.3 is 20.2 Å². The summed E-state index contributed by atoms with van der Waals surface area (Å²) in [6, 6.07) is 12.9. The lowest BCUT2D eigenvalue weighted by Crippen LogP contribution is -2.43. The second-order valence-corrected chi connectivity index (χ2v) is 6.57. The Morgan fingerprint density at radius 3 is 2.83 bits per heavy atom. The van der Waals surface area contributed by atoms with Crippen molar-refractivity contribution in [3.05, 3.63) is 58.5 Å². The molecule has 6 heteroatoms. The van der Waals surface area contributed by atoms with Crippen molar-refractivity contribution < 1.29 is 14.3 Å². The minimum atomic E-state index is -1.28. The quantitative estimate of drug-likeness (QED) is 0.672. The molecule has 0 aliphatic rings. The first kappa shape index (κ1) is 15.6. The first-order chi connectivity index (χ1) is 11.0. The number of benzene rings is 1. The Morgan fingerprint density at radius 2 is 2.09 bits per heavy atom. The molecule has 0 aliphatic heterocycles. The summed E-state index contributed by atoms with van der Waals surface area (Å²) >= 11 is 1.58. The maximum atomic E-state index is 11.8. The van der Waals surface area contributed by atoms with E-state index in [9.17, 15) is 9.90 Å². The summed E-state index contributed by atoms with van der Waals surface area (Å²) in [5, 5.41) is 18.9. The fraction of sp³-hybridized carbons (Fsp3) is 0.235. The molecule has 0 bridgehead atoms. The fourth-order valence-corrected chi connectivity index (χ4v) is 2.87. The molecule has 0 aliphatic carbocycles. The smallest absolute Gasteiger partial charge is 0.315 e. The van der Waals surface area contributed by atoms with Gasteiger partial charge in [0.2, 0.25) is 0 Å². The Hall–Kier alpha value is -2.31. The molecule has 0 spiro atoms. The molecule has 120 valence electrons. The number of urea groups is 1. The van der Waals surface area contributed by atoms with Crippen LogP contribution in [0.25, 0.3) is 11.0 Å². The maximum Gasteiger partial charge on any atom is 0.315 e. The molecule has 2 amide bonds. The Labute approximate surface area is 137 Å². The molecule has 0 fully saturated rings. The second kappa shape index (κ2) is 6.44. The summed E-state index contributed by atoms with van der Waals surface area (Å²) in [4.78, 5) is 12.9. The van der Waals surface area contributed by atoms with Crippen molar-refractivity contribution >= 4 is 28.3 Å². The van der Waals surface area contributed by atoms with Gasteiger partial charge in [-0.15, -0.1) is 11.3 Å². The zero-order chi connectivity index (χ0) is 16.3. The van der Waals surface area contributed by atoms with Crippen LogP contribution in [0.3, 0.4) is 0 Å². The van der Waals surface area contributed by atoms with E-state index in [-0.39, 0.29) is 12.6 Å². The second-order valence-electron chi connectivity index (χ2n) is 5.54. The highest BCUT2D eigenvalue weighted by atomic mass is 32.1. The first-order valence-corrected chi connectivity index (χ1v) is 8.18. The summed E-state index contributed by atoms with van der Waals surface area (Å²) in [6.45, 7) is 2.14. The first-order valence-electron chi connectivity index (χ1n) is 7.30. The molecule has 1 unspecified atom stereocenters. The van der Waals surface area contributed by atoms with Gasteiger partial charge in [0.05, 0.1) is 13.1 Å². The molecular weight excluding hydrogens is 312 g/mol. The van der Waals surface area contributed by atoms with Gasteiger partial charge in [0.15, 0.2) is 0 Å². The van der Waals surface area contributed by atoms with Gasteiger partial charge in [-0.25, -0.2) is 4.79 Å². The molecule has 2 aromatic heterocycles. The number of aliphatic hydroxyl groups is 1. The van der Waals surface area contributed by atoms with E-state index in [0.717, 1.165) is 10.3 Å². The highest BCUT2D eigenvalue weighted by Gasteiger charge is 2.28. The van der Waals surface area contributed by atoms with Crippen LogP contribution in [0.2, 0.25) is 0 Å². The Balaban J connectivity index is 1.58. The van der Waals surface area contributed by atoms with Crippen LogP contribution >= 0.6 is 11.3 Å². The average molecular weight is 330 g/mol. The van der Waals surface area contributed by atoms with Gasteiger partial charge in [-0.3, -0.25) is 0 Å². The summed E-state index contributed by atoms with van der Waals surface area (Å²) in [5.41, 5.74) is -0.566. The minimum absolute atomic E-state index is 0.0586. The highest BCUT2D eigenvalue weighted by molar-refractivity contribution is 7.09. The van der Waals surface area contributed by atoms with E-state index in [2.05, 4.69) is 10.6 Å². The number of nitrogens with one attached hydrogen (secondary N) is 2. The van der Waals surface area contributed by atoms with Crippen molar-refractivity contribution in [2.75, 3.05) is 6.54 Å². The van der Waals surface area contributed by atoms with Gasteiger partial charge in [0.25, 0.3) is 0 Å². The molecule has 1 atom stereocenters. The van der Waals surface area contributed by atoms with Crippen LogP contribution in [-0.4, -0.2) is 17.7 Å². The van der Waals surface area contributed by atoms with Crippen molar-refractivity contribution in [3.63, 3.8) is 0 Å². The number of hydrogen-bond acceptors (Lipinski definition) is 4. The molecule has 5 nitrogen and oxygen atoms in total.